The first-order valence-corrected chi connectivity index (χ1v) is 15.7. The maximum Gasteiger partial charge on any atom is 0.0722 e. The molecule has 0 radical (unpaired) electrons. The third-order valence-electron chi connectivity index (χ3n) is 8.86. The monoisotopic (exact) mass is 592 g/mol. The summed E-state index contributed by atoms with van der Waals surface area (Å²) in [5.74, 6) is 0. The number of aryl methyl sites for hydroxylation is 7. The summed E-state index contributed by atoms with van der Waals surface area (Å²) >= 11 is 0. The van der Waals surface area contributed by atoms with Gasteiger partial charge in [-0.3, -0.25) is 0 Å². The van der Waals surface area contributed by atoms with E-state index in [2.05, 4.69) is 95.3 Å². The van der Waals surface area contributed by atoms with E-state index in [1.165, 1.54) is 61.0 Å². The molecule has 0 aliphatic carbocycles. The molecule has 0 atom stereocenters. The van der Waals surface area contributed by atoms with Crippen molar-refractivity contribution < 1.29 is 16.5 Å². The zero-order valence-corrected chi connectivity index (χ0v) is 27.2. The zero-order valence-electron chi connectivity index (χ0n) is 26.2. The Morgan fingerprint density at radius 3 is 1.68 bits per heavy atom. The molecule has 2 aliphatic rings. The van der Waals surface area contributed by atoms with Crippen molar-refractivity contribution >= 4 is 45.9 Å². The number of fused-ring (bicyclic) bond motifs is 8. The number of aromatic amines is 1. The Morgan fingerprint density at radius 2 is 1.15 bits per heavy atom. The van der Waals surface area contributed by atoms with Gasteiger partial charge in [-0.25, -0.2) is 9.97 Å². The van der Waals surface area contributed by atoms with Crippen molar-refractivity contribution in [3.05, 3.63) is 68.3 Å². The van der Waals surface area contributed by atoms with Gasteiger partial charge in [0.15, 0.2) is 0 Å². The number of aromatic nitrogens is 4. The first-order chi connectivity index (χ1) is 19.5. The summed E-state index contributed by atoms with van der Waals surface area (Å²) in [6.07, 6.45) is 13.5. The van der Waals surface area contributed by atoms with Crippen LogP contribution in [0.3, 0.4) is 0 Å². The molecule has 8 bridgehead atoms. The Balaban J connectivity index is 0.00000387. The molecule has 4 nitrogen and oxygen atoms in total. The van der Waals surface area contributed by atoms with Crippen LogP contribution in [0.5, 0.6) is 0 Å². The van der Waals surface area contributed by atoms with E-state index in [1.54, 1.807) is 0 Å². The van der Waals surface area contributed by atoms with E-state index in [1.807, 2.05) is 0 Å². The van der Waals surface area contributed by atoms with Crippen LogP contribution in [0.15, 0.2) is 12.1 Å². The standard InChI is InChI=1S/C36H46N4.Ni/c1-9-22-19-25-20-23-17-18-24(37-23)21-32-26(10-2)29(13-5)36(40(32)16-8)31(15-7)35-28(12-4)27(11-3)34(39-35)30(14-6)33(22)38-25;/h17-21,39H,9-16H2,1-8H3;. The minimum absolute atomic E-state index is 0. The molecule has 3 aromatic heterocycles. The van der Waals surface area contributed by atoms with E-state index >= 15 is 0 Å². The zero-order chi connectivity index (χ0) is 28.6. The van der Waals surface area contributed by atoms with E-state index in [4.69, 9.17) is 9.97 Å². The molecule has 41 heavy (non-hydrogen) atoms. The van der Waals surface area contributed by atoms with Crippen LogP contribution in [0.25, 0.3) is 45.9 Å². The molecule has 0 unspecified atom stereocenters. The van der Waals surface area contributed by atoms with Gasteiger partial charge < -0.3 is 9.55 Å². The predicted octanol–water partition coefficient (Wildman–Crippen LogP) is 9.30. The number of H-pyrrole nitrogens is 1. The third-order valence-corrected chi connectivity index (χ3v) is 8.86. The SMILES string of the molecule is CCC1=Cc2cc3nc(cc4c(CC)c(CC)c(c(CC)c5[nH]c(c(CC)c1n2)c(CC)c5CC)n4CC)C=C3.[Ni]. The van der Waals surface area contributed by atoms with Gasteiger partial charge in [-0.05, 0) is 116 Å². The molecule has 0 saturated heterocycles. The molecule has 1 N–H and O–H groups in total. The summed E-state index contributed by atoms with van der Waals surface area (Å²) in [6, 6.07) is 4.45. The summed E-state index contributed by atoms with van der Waals surface area (Å²) in [6.45, 7) is 19.3. The molecular formula is C36H46N4Ni. The third kappa shape index (κ3) is 5.16. The van der Waals surface area contributed by atoms with Crippen LogP contribution in [0.2, 0.25) is 0 Å². The predicted molar refractivity (Wildman–Crippen MR) is 174 cm³/mol. The van der Waals surface area contributed by atoms with Crippen LogP contribution in [-0.2, 0) is 61.6 Å². The smallest absolute Gasteiger partial charge is 0.0722 e. The Morgan fingerprint density at radius 1 is 0.585 bits per heavy atom. The quantitative estimate of drug-likeness (QED) is 0.207. The van der Waals surface area contributed by atoms with Crippen LogP contribution in [-0.4, -0.2) is 19.5 Å². The van der Waals surface area contributed by atoms with Crippen molar-refractivity contribution in [2.24, 2.45) is 0 Å². The van der Waals surface area contributed by atoms with Crippen LogP contribution in [0, 0.1) is 0 Å². The van der Waals surface area contributed by atoms with E-state index in [0.717, 1.165) is 74.3 Å². The van der Waals surface area contributed by atoms with Crippen LogP contribution in [0.4, 0.5) is 0 Å². The summed E-state index contributed by atoms with van der Waals surface area (Å²) in [5, 5.41) is 0. The summed E-state index contributed by atoms with van der Waals surface area (Å²) in [4.78, 5) is 14.3. The normalized spacial score (nSPS) is 12.5. The van der Waals surface area contributed by atoms with Gasteiger partial charge in [-0.2, -0.15) is 0 Å². The molecule has 220 valence electrons. The van der Waals surface area contributed by atoms with Crippen molar-refractivity contribution in [3.8, 4) is 0 Å². The number of nitrogens with zero attached hydrogens (tertiary/aromatic N) is 3. The Labute approximate surface area is 256 Å². The second-order valence-corrected chi connectivity index (χ2v) is 10.8. The Kier molecular flexibility index (Phi) is 9.80. The van der Waals surface area contributed by atoms with E-state index < -0.39 is 0 Å². The first-order valence-electron chi connectivity index (χ1n) is 15.7. The second kappa shape index (κ2) is 12.9. The van der Waals surface area contributed by atoms with Gasteiger partial charge in [0.05, 0.1) is 22.8 Å². The van der Waals surface area contributed by atoms with Crippen LogP contribution < -0.4 is 0 Å². The summed E-state index contributed by atoms with van der Waals surface area (Å²) < 4.78 is 2.57. The van der Waals surface area contributed by atoms with E-state index in [0.29, 0.717) is 0 Å². The summed E-state index contributed by atoms with van der Waals surface area (Å²) in [7, 11) is 0. The topological polar surface area (TPSA) is 46.5 Å². The first kappa shape index (κ1) is 31.0. The van der Waals surface area contributed by atoms with Crippen molar-refractivity contribution in [2.45, 2.75) is 107 Å². The number of hydrogen-bond acceptors (Lipinski definition) is 2. The van der Waals surface area contributed by atoms with Crippen LogP contribution >= 0.6 is 0 Å². The average Bonchev–Trinajstić information content (AvgIpc) is 3.73. The fourth-order valence-corrected chi connectivity index (χ4v) is 7.09. The molecule has 5 heteroatoms. The molecule has 5 heterocycles. The maximum absolute atomic E-state index is 5.22. The van der Waals surface area contributed by atoms with Gasteiger partial charge in [0.2, 0.25) is 0 Å². The Bertz CT molecular complexity index is 1680. The molecule has 0 aromatic carbocycles. The van der Waals surface area contributed by atoms with E-state index in [-0.39, 0.29) is 16.5 Å². The van der Waals surface area contributed by atoms with Crippen molar-refractivity contribution in [2.75, 3.05) is 0 Å². The van der Waals surface area contributed by atoms with Gasteiger partial charge in [-0.1, -0.05) is 48.5 Å². The van der Waals surface area contributed by atoms with Crippen LogP contribution in [0.1, 0.15) is 118 Å². The molecule has 5 rings (SSSR count). The van der Waals surface area contributed by atoms with E-state index in [9.17, 15) is 0 Å². The number of hydrogen-bond donors (Lipinski definition) is 1. The van der Waals surface area contributed by atoms with Gasteiger partial charge in [0.25, 0.3) is 0 Å². The number of allylic oxidation sites excluding steroid dienone is 1. The van der Waals surface area contributed by atoms with Crippen molar-refractivity contribution in [3.63, 3.8) is 0 Å². The van der Waals surface area contributed by atoms with Gasteiger partial charge in [0.1, 0.15) is 0 Å². The Hall–Kier alpha value is -2.91. The van der Waals surface area contributed by atoms with Crippen molar-refractivity contribution in [1.82, 2.24) is 19.5 Å². The maximum atomic E-state index is 5.22. The van der Waals surface area contributed by atoms with Crippen molar-refractivity contribution in [1.29, 1.82) is 0 Å². The van der Waals surface area contributed by atoms with Gasteiger partial charge in [-0.15, -0.1) is 0 Å². The molecule has 2 aliphatic heterocycles. The van der Waals surface area contributed by atoms with Gasteiger partial charge in [0, 0.05) is 50.7 Å². The second-order valence-electron chi connectivity index (χ2n) is 10.8. The molecule has 0 spiro atoms. The fourth-order valence-electron chi connectivity index (χ4n) is 7.09. The molecule has 0 fully saturated rings. The van der Waals surface area contributed by atoms with Gasteiger partial charge >= 0.3 is 0 Å². The molecule has 0 amide bonds. The molecule has 3 aromatic rings. The largest absolute Gasteiger partial charge is 0.354 e. The number of rotatable bonds is 8. The average molecular weight is 593 g/mol. The molecular weight excluding hydrogens is 547 g/mol. The minimum Gasteiger partial charge on any atom is -0.354 e. The summed E-state index contributed by atoms with van der Waals surface area (Å²) in [5.41, 5.74) is 19.4. The fraction of sp³-hybridized carbons (Fsp3) is 0.444. The minimum atomic E-state index is 0. The number of nitrogens with one attached hydrogen (secondary N) is 1. The molecule has 0 saturated carbocycles.